The van der Waals surface area contributed by atoms with Crippen LogP contribution in [0, 0.1) is 0 Å². The molecule has 3 heteroatoms. The molecule has 0 aromatic heterocycles. The minimum absolute atomic E-state index is 0.117. The summed E-state index contributed by atoms with van der Waals surface area (Å²) in [4.78, 5) is 10.3. The van der Waals surface area contributed by atoms with E-state index in [-0.39, 0.29) is 12.5 Å². The lowest BCUT2D eigenvalue weighted by Gasteiger charge is -2.16. The minimum Gasteiger partial charge on any atom is -0.481 e. The summed E-state index contributed by atoms with van der Waals surface area (Å²) < 4.78 is 5.51. The minimum atomic E-state index is -0.782. The summed E-state index contributed by atoms with van der Waals surface area (Å²) in [5.41, 5.74) is 0. The van der Waals surface area contributed by atoms with Gasteiger partial charge in [-0.05, 0) is 12.8 Å². The Labute approximate surface area is 86.5 Å². The molecule has 0 rings (SSSR count). The molecule has 1 unspecified atom stereocenters. The summed E-state index contributed by atoms with van der Waals surface area (Å²) in [6, 6.07) is 0. The van der Waals surface area contributed by atoms with Crippen molar-refractivity contribution in [1.29, 1.82) is 0 Å². The quantitative estimate of drug-likeness (QED) is 0.625. The number of hydrogen-bond acceptors (Lipinski definition) is 2. The van der Waals surface area contributed by atoms with E-state index in [1.807, 2.05) is 0 Å². The van der Waals surface area contributed by atoms with Crippen LogP contribution >= 0.6 is 0 Å². The average molecular weight is 202 g/mol. The summed E-state index contributed by atoms with van der Waals surface area (Å²) in [6.07, 6.45) is 5.91. The molecule has 0 saturated carbocycles. The topological polar surface area (TPSA) is 46.5 Å². The number of ether oxygens (including phenoxy) is 1. The number of unbranched alkanes of at least 4 members (excludes halogenated alkanes) is 1. The van der Waals surface area contributed by atoms with Gasteiger partial charge in [0, 0.05) is 0 Å². The molecule has 0 spiro atoms. The highest BCUT2D eigenvalue weighted by Gasteiger charge is 2.08. The van der Waals surface area contributed by atoms with Gasteiger partial charge >= 0.3 is 5.97 Å². The first-order valence-electron chi connectivity index (χ1n) is 5.54. The number of hydrogen-bond donors (Lipinski definition) is 1. The molecule has 3 nitrogen and oxygen atoms in total. The van der Waals surface area contributed by atoms with Gasteiger partial charge in [-0.15, -0.1) is 0 Å². The van der Waals surface area contributed by atoms with Gasteiger partial charge < -0.3 is 9.84 Å². The molecule has 84 valence electrons. The first kappa shape index (κ1) is 13.4. The van der Waals surface area contributed by atoms with Gasteiger partial charge in [-0.3, -0.25) is 4.79 Å². The third-order valence-corrected chi connectivity index (χ3v) is 2.16. The Hall–Kier alpha value is -0.570. The lowest BCUT2D eigenvalue weighted by molar-refractivity contribution is -0.138. The Kier molecular flexibility index (Phi) is 8.64. The van der Waals surface area contributed by atoms with Crippen molar-refractivity contribution in [3.05, 3.63) is 0 Å². The molecule has 0 bridgehead atoms. The number of rotatable bonds is 9. The summed E-state index contributed by atoms with van der Waals surface area (Å²) in [5.74, 6) is -0.782. The van der Waals surface area contributed by atoms with Crippen molar-refractivity contribution >= 4 is 5.97 Å². The van der Waals surface area contributed by atoms with E-state index in [2.05, 4.69) is 13.8 Å². The molecule has 0 amide bonds. The fourth-order valence-corrected chi connectivity index (χ4v) is 1.38. The van der Waals surface area contributed by atoms with Gasteiger partial charge in [0.15, 0.2) is 0 Å². The molecule has 0 aliphatic heterocycles. The first-order valence-corrected chi connectivity index (χ1v) is 5.54. The van der Waals surface area contributed by atoms with E-state index in [1.54, 1.807) is 0 Å². The van der Waals surface area contributed by atoms with Crippen LogP contribution < -0.4 is 0 Å². The van der Waals surface area contributed by atoms with Crippen molar-refractivity contribution < 1.29 is 14.6 Å². The Morgan fingerprint density at radius 2 is 2.00 bits per heavy atom. The van der Waals surface area contributed by atoms with Crippen LogP contribution in [0.5, 0.6) is 0 Å². The number of aliphatic carboxylic acids is 1. The zero-order chi connectivity index (χ0) is 10.8. The van der Waals surface area contributed by atoms with Crippen LogP contribution in [-0.2, 0) is 9.53 Å². The fraction of sp³-hybridized carbons (Fsp3) is 0.909. The van der Waals surface area contributed by atoms with Crippen LogP contribution in [0.15, 0.2) is 0 Å². The molecule has 0 aromatic rings. The van der Waals surface area contributed by atoms with E-state index in [4.69, 9.17) is 9.84 Å². The second kappa shape index (κ2) is 9.00. The van der Waals surface area contributed by atoms with Crippen molar-refractivity contribution in [1.82, 2.24) is 0 Å². The SMILES string of the molecule is CCCCC(CCC)OCCC(=O)O. The summed E-state index contributed by atoms with van der Waals surface area (Å²) >= 11 is 0. The molecular formula is C11H22O3. The van der Waals surface area contributed by atoms with Crippen LogP contribution in [-0.4, -0.2) is 23.8 Å². The molecule has 14 heavy (non-hydrogen) atoms. The van der Waals surface area contributed by atoms with E-state index in [0.29, 0.717) is 6.61 Å². The highest BCUT2D eigenvalue weighted by molar-refractivity contribution is 5.66. The summed E-state index contributed by atoms with van der Waals surface area (Å²) in [5, 5.41) is 8.45. The number of carbonyl (C=O) groups is 1. The smallest absolute Gasteiger partial charge is 0.305 e. The molecule has 0 aliphatic rings. The van der Waals surface area contributed by atoms with Gasteiger partial charge in [0.25, 0.3) is 0 Å². The maximum Gasteiger partial charge on any atom is 0.305 e. The number of carboxylic acids is 1. The van der Waals surface area contributed by atoms with E-state index >= 15 is 0 Å². The molecule has 1 atom stereocenters. The fourth-order valence-electron chi connectivity index (χ4n) is 1.38. The molecule has 0 aliphatic carbocycles. The second-order valence-electron chi connectivity index (χ2n) is 3.57. The number of carboxylic acid groups (broad SMARTS) is 1. The van der Waals surface area contributed by atoms with Gasteiger partial charge in [-0.1, -0.05) is 33.1 Å². The third-order valence-electron chi connectivity index (χ3n) is 2.16. The maximum absolute atomic E-state index is 10.3. The molecule has 0 saturated heterocycles. The standard InChI is InChI=1S/C11H22O3/c1-3-5-7-10(6-4-2)14-9-8-11(12)13/h10H,3-9H2,1-2H3,(H,12,13). The van der Waals surface area contributed by atoms with E-state index in [1.165, 1.54) is 6.42 Å². The highest BCUT2D eigenvalue weighted by atomic mass is 16.5. The van der Waals surface area contributed by atoms with Crippen LogP contribution in [0.4, 0.5) is 0 Å². The van der Waals surface area contributed by atoms with Crippen LogP contribution in [0.2, 0.25) is 0 Å². The predicted octanol–water partition coefficient (Wildman–Crippen LogP) is 2.84. The van der Waals surface area contributed by atoms with Gasteiger partial charge in [-0.2, -0.15) is 0 Å². The van der Waals surface area contributed by atoms with Crippen LogP contribution in [0.1, 0.15) is 52.4 Å². The molecular weight excluding hydrogens is 180 g/mol. The van der Waals surface area contributed by atoms with Crippen molar-refractivity contribution in [2.24, 2.45) is 0 Å². The Morgan fingerprint density at radius 1 is 1.29 bits per heavy atom. The van der Waals surface area contributed by atoms with Gasteiger partial charge in [0.05, 0.1) is 19.1 Å². The normalized spacial score (nSPS) is 12.7. The summed E-state index contributed by atoms with van der Waals surface area (Å²) in [7, 11) is 0. The van der Waals surface area contributed by atoms with E-state index < -0.39 is 5.97 Å². The van der Waals surface area contributed by atoms with Crippen LogP contribution in [0.25, 0.3) is 0 Å². The monoisotopic (exact) mass is 202 g/mol. The van der Waals surface area contributed by atoms with E-state index in [9.17, 15) is 4.79 Å². The Bertz CT molecular complexity index is 145. The predicted molar refractivity (Wildman–Crippen MR) is 56.4 cm³/mol. The van der Waals surface area contributed by atoms with Gasteiger partial charge in [0.1, 0.15) is 0 Å². The first-order chi connectivity index (χ1) is 6.70. The largest absolute Gasteiger partial charge is 0.481 e. The average Bonchev–Trinajstić information content (AvgIpc) is 2.13. The van der Waals surface area contributed by atoms with Crippen molar-refractivity contribution in [3.63, 3.8) is 0 Å². The molecule has 1 N–H and O–H groups in total. The van der Waals surface area contributed by atoms with Crippen molar-refractivity contribution in [2.45, 2.75) is 58.5 Å². The molecule has 0 aromatic carbocycles. The highest BCUT2D eigenvalue weighted by Crippen LogP contribution is 2.11. The van der Waals surface area contributed by atoms with Crippen LogP contribution in [0.3, 0.4) is 0 Å². The lowest BCUT2D eigenvalue weighted by atomic mass is 10.1. The Balaban J connectivity index is 3.55. The van der Waals surface area contributed by atoms with Crippen molar-refractivity contribution in [3.8, 4) is 0 Å². The summed E-state index contributed by atoms with van der Waals surface area (Å²) in [6.45, 7) is 4.63. The van der Waals surface area contributed by atoms with Gasteiger partial charge in [0.2, 0.25) is 0 Å². The molecule has 0 radical (unpaired) electrons. The zero-order valence-electron chi connectivity index (χ0n) is 9.29. The third kappa shape index (κ3) is 8.05. The lowest BCUT2D eigenvalue weighted by Crippen LogP contribution is -2.15. The Morgan fingerprint density at radius 3 is 2.50 bits per heavy atom. The molecule has 0 heterocycles. The second-order valence-corrected chi connectivity index (χ2v) is 3.57. The molecule has 0 fully saturated rings. The maximum atomic E-state index is 10.3. The zero-order valence-corrected chi connectivity index (χ0v) is 9.29. The van der Waals surface area contributed by atoms with E-state index in [0.717, 1.165) is 25.7 Å². The van der Waals surface area contributed by atoms with Crippen molar-refractivity contribution in [2.75, 3.05) is 6.61 Å². The van der Waals surface area contributed by atoms with Gasteiger partial charge in [-0.25, -0.2) is 0 Å².